The van der Waals surface area contributed by atoms with Crippen molar-refractivity contribution < 1.29 is 14.3 Å². The minimum absolute atomic E-state index is 0.215. The number of ether oxygens (including phenoxy) is 1. The Morgan fingerprint density at radius 3 is 2.42 bits per heavy atom. The lowest BCUT2D eigenvalue weighted by Gasteiger charge is -2.18. The first-order valence-corrected chi connectivity index (χ1v) is 9.29. The third-order valence-corrected chi connectivity index (χ3v) is 5.11. The smallest absolute Gasteiger partial charge is 0.341 e. The van der Waals surface area contributed by atoms with Crippen molar-refractivity contribution in [2.75, 3.05) is 0 Å². The van der Waals surface area contributed by atoms with E-state index in [9.17, 15) is 9.59 Å². The summed E-state index contributed by atoms with van der Waals surface area (Å²) in [4.78, 5) is 25.5. The number of nitrogens with one attached hydrogen (secondary N) is 1. The van der Waals surface area contributed by atoms with E-state index >= 15 is 0 Å². The summed E-state index contributed by atoms with van der Waals surface area (Å²) in [7, 11) is 0. The average Bonchev–Trinajstić information content (AvgIpc) is 3.55. The molecule has 26 heavy (non-hydrogen) atoms. The van der Waals surface area contributed by atoms with Gasteiger partial charge < -0.3 is 14.6 Å². The SMILES string of the molecule is Cc1cc(C(=O)OC(C(=O)NC2CC2)c2ccccc2)c(C)n1C1CC1. The number of aryl methyl sites for hydroxylation is 1. The van der Waals surface area contributed by atoms with Gasteiger partial charge in [0, 0.05) is 29.0 Å². The van der Waals surface area contributed by atoms with Crippen molar-refractivity contribution in [2.45, 2.75) is 57.7 Å². The number of carbonyl (C=O) groups excluding carboxylic acids is 2. The zero-order valence-electron chi connectivity index (χ0n) is 15.2. The summed E-state index contributed by atoms with van der Waals surface area (Å²) in [5.41, 5.74) is 3.23. The molecular weight excluding hydrogens is 328 g/mol. The number of hydrogen-bond acceptors (Lipinski definition) is 3. The summed E-state index contributed by atoms with van der Waals surface area (Å²) < 4.78 is 7.90. The predicted molar refractivity (Wildman–Crippen MR) is 97.9 cm³/mol. The Morgan fingerprint density at radius 2 is 1.81 bits per heavy atom. The van der Waals surface area contributed by atoms with Gasteiger partial charge in [-0.3, -0.25) is 4.79 Å². The molecule has 2 fully saturated rings. The van der Waals surface area contributed by atoms with Gasteiger partial charge >= 0.3 is 5.97 Å². The maximum atomic E-state index is 12.8. The van der Waals surface area contributed by atoms with Gasteiger partial charge in [-0.2, -0.15) is 0 Å². The Balaban J connectivity index is 1.58. The quantitative estimate of drug-likeness (QED) is 0.808. The highest BCUT2D eigenvalue weighted by atomic mass is 16.5. The first-order chi connectivity index (χ1) is 12.5. The molecule has 4 rings (SSSR count). The molecule has 5 nitrogen and oxygen atoms in total. The molecule has 2 saturated carbocycles. The van der Waals surface area contributed by atoms with Crippen molar-refractivity contribution in [1.29, 1.82) is 0 Å². The van der Waals surface area contributed by atoms with E-state index in [0.29, 0.717) is 17.2 Å². The van der Waals surface area contributed by atoms with Crippen LogP contribution < -0.4 is 5.32 Å². The third kappa shape index (κ3) is 3.39. The van der Waals surface area contributed by atoms with Gasteiger partial charge in [-0.25, -0.2) is 4.79 Å². The monoisotopic (exact) mass is 352 g/mol. The average molecular weight is 352 g/mol. The molecule has 1 N–H and O–H groups in total. The minimum Gasteiger partial charge on any atom is -0.444 e. The van der Waals surface area contributed by atoms with E-state index in [2.05, 4.69) is 9.88 Å². The second-order valence-corrected chi connectivity index (χ2v) is 7.36. The Labute approximate surface area is 153 Å². The van der Waals surface area contributed by atoms with Crippen LogP contribution in [-0.4, -0.2) is 22.5 Å². The Hall–Kier alpha value is -2.56. The largest absolute Gasteiger partial charge is 0.444 e. The van der Waals surface area contributed by atoms with Gasteiger partial charge in [0.1, 0.15) is 0 Å². The predicted octanol–water partition coefficient (Wildman–Crippen LogP) is 3.62. The van der Waals surface area contributed by atoms with Crippen molar-refractivity contribution in [1.82, 2.24) is 9.88 Å². The zero-order chi connectivity index (χ0) is 18.3. The van der Waals surface area contributed by atoms with Gasteiger partial charge in [0.2, 0.25) is 6.10 Å². The molecule has 1 atom stereocenters. The summed E-state index contributed by atoms with van der Waals surface area (Å²) in [6, 6.07) is 11.8. The highest BCUT2D eigenvalue weighted by Crippen LogP contribution is 2.38. The fourth-order valence-electron chi connectivity index (χ4n) is 3.45. The fourth-order valence-corrected chi connectivity index (χ4v) is 3.45. The first kappa shape index (κ1) is 16.9. The van der Waals surface area contributed by atoms with Crippen LogP contribution in [0.15, 0.2) is 36.4 Å². The Kier molecular flexibility index (Phi) is 4.31. The summed E-state index contributed by atoms with van der Waals surface area (Å²) in [6.45, 7) is 3.96. The van der Waals surface area contributed by atoms with Crippen LogP contribution in [0.2, 0.25) is 0 Å². The molecule has 1 amide bonds. The molecule has 2 aliphatic rings. The number of aromatic nitrogens is 1. The van der Waals surface area contributed by atoms with E-state index in [4.69, 9.17) is 4.74 Å². The van der Waals surface area contributed by atoms with E-state index < -0.39 is 12.1 Å². The molecule has 5 heteroatoms. The number of carbonyl (C=O) groups is 2. The van der Waals surface area contributed by atoms with Crippen LogP contribution in [0.4, 0.5) is 0 Å². The van der Waals surface area contributed by atoms with Crippen LogP contribution in [-0.2, 0) is 9.53 Å². The van der Waals surface area contributed by atoms with E-state index in [0.717, 1.165) is 37.1 Å². The van der Waals surface area contributed by atoms with E-state index in [1.54, 1.807) is 0 Å². The number of rotatable bonds is 6. The molecule has 1 unspecified atom stereocenters. The minimum atomic E-state index is -0.923. The first-order valence-electron chi connectivity index (χ1n) is 9.29. The molecule has 0 saturated heterocycles. The number of nitrogens with zero attached hydrogens (tertiary/aromatic N) is 1. The molecule has 2 aliphatic carbocycles. The van der Waals surface area contributed by atoms with Crippen molar-refractivity contribution >= 4 is 11.9 Å². The molecule has 0 spiro atoms. The fraction of sp³-hybridized carbons (Fsp3) is 0.429. The van der Waals surface area contributed by atoms with Gasteiger partial charge in [0.05, 0.1) is 5.56 Å². The molecule has 0 radical (unpaired) electrons. The van der Waals surface area contributed by atoms with Crippen molar-refractivity contribution in [2.24, 2.45) is 0 Å². The number of benzene rings is 1. The second-order valence-electron chi connectivity index (χ2n) is 7.36. The van der Waals surface area contributed by atoms with Gasteiger partial charge in [0.15, 0.2) is 0 Å². The van der Waals surface area contributed by atoms with Gasteiger partial charge in [0.25, 0.3) is 5.91 Å². The van der Waals surface area contributed by atoms with Crippen LogP contribution in [0.1, 0.15) is 65.1 Å². The molecular formula is C21H24N2O3. The lowest BCUT2D eigenvalue weighted by atomic mass is 10.1. The summed E-state index contributed by atoms with van der Waals surface area (Å²) in [5.74, 6) is -0.687. The Bertz CT molecular complexity index is 832. The number of esters is 1. The topological polar surface area (TPSA) is 60.3 Å². The van der Waals surface area contributed by atoms with Gasteiger partial charge in [-0.05, 0) is 45.6 Å². The lowest BCUT2D eigenvalue weighted by Crippen LogP contribution is -2.33. The molecule has 1 aromatic heterocycles. The van der Waals surface area contributed by atoms with E-state index in [1.165, 1.54) is 0 Å². The summed E-state index contributed by atoms with van der Waals surface area (Å²) in [5, 5.41) is 2.95. The molecule has 0 aliphatic heterocycles. The van der Waals surface area contributed by atoms with Gasteiger partial charge in [-0.15, -0.1) is 0 Å². The Morgan fingerprint density at radius 1 is 1.12 bits per heavy atom. The van der Waals surface area contributed by atoms with E-state index in [1.807, 2.05) is 50.2 Å². The third-order valence-electron chi connectivity index (χ3n) is 5.11. The van der Waals surface area contributed by atoms with Crippen molar-refractivity contribution in [3.8, 4) is 0 Å². The number of amides is 1. The zero-order valence-corrected chi connectivity index (χ0v) is 15.2. The van der Waals surface area contributed by atoms with E-state index in [-0.39, 0.29) is 11.9 Å². The van der Waals surface area contributed by atoms with Crippen LogP contribution in [0.5, 0.6) is 0 Å². The molecule has 136 valence electrons. The molecule has 1 heterocycles. The van der Waals surface area contributed by atoms with Crippen LogP contribution in [0, 0.1) is 13.8 Å². The highest BCUT2D eigenvalue weighted by molar-refractivity contribution is 5.94. The maximum absolute atomic E-state index is 12.8. The number of hydrogen-bond donors (Lipinski definition) is 1. The summed E-state index contributed by atoms with van der Waals surface area (Å²) in [6.07, 6.45) is 3.36. The highest BCUT2D eigenvalue weighted by Gasteiger charge is 2.33. The summed E-state index contributed by atoms with van der Waals surface area (Å²) >= 11 is 0. The lowest BCUT2D eigenvalue weighted by molar-refractivity contribution is -0.130. The van der Waals surface area contributed by atoms with Crippen LogP contribution in [0.3, 0.4) is 0 Å². The van der Waals surface area contributed by atoms with Crippen LogP contribution >= 0.6 is 0 Å². The molecule has 0 bridgehead atoms. The van der Waals surface area contributed by atoms with Crippen LogP contribution in [0.25, 0.3) is 0 Å². The molecule has 1 aromatic carbocycles. The normalized spacial score (nSPS) is 17.6. The van der Waals surface area contributed by atoms with Crippen molar-refractivity contribution in [3.05, 3.63) is 58.9 Å². The second kappa shape index (κ2) is 6.63. The molecule has 2 aromatic rings. The standard InChI is InChI=1S/C21H24N2O3/c1-13-12-18(14(2)23(13)17-10-11-17)21(25)26-19(15-6-4-3-5-7-15)20(24)22-16-8-9-16/h3-7,12,16-17,19H,8-11H2,1-2H3,(H,22,24). The maximum Gasteiger partial charge on any atom is 0.341 e. The van der Waals surface area contributed by atoms with Gasteiger partial charge in [-0.1, -0.05) is 30.3 Å². The van der Waals surface area contributed by atoms with Crippen molar-refractivity contribution in [3.63, 3.8) is 0 Å².